The van der Waals surface area contributed by atoms with E-state index in [1.165, 1.54) is 19.2 Å². The van der Waals surface area contributed by atoms with E-state index in [0.29, 0.717) is 23.8 Å². The fourth-order valence-electron chi connectivity index (χ4n) is 1.88. The topological polar surface area (TPSA) is 99.9 Å². The molecule has 8 nitrogen and oxygen atoms in total. The Kier molecular flexibility index (Phi) is 5.78. The predicted molar refractivity (Wildman–Crippen MR) is 84.3 cm³/mol. The summed E-state index contributed by atoms with van der Waals surface area (Å²) in [6.07, 6.45) is 0. The third-order valence-corrected chi connectivity index (χ3v) is 2.92. The van der Waals surface area contributed by atoms with Crippen LogP contribution in [0.25, 0.3) is 0 Å². The van der Waals surface area contributed by atoms with Crippen LogP contribution in [0.3, 0.4) is 0 Å². The number of amides is 1. The molecule has 24 heavy (non-hydrogen) atoms. The number of rotatable bonds is 7. The summed E-state index contributed by atoms with van der Waals surface area (Å²) in [6.45, 7) is 3.52. The second kappa shape index (κ2) is 8.00. The molecule has 0 saturated carbocycles. The number of nitrogens with zero attached hydrogens (tertiary/aromatic N) is 1. The number of anilines is 1. The highest BCUT2D eigenvalue weighted by molar-refractivity contribution is 5.95. The summed E-state index contributed by atoms with van der Waals surface area (Å²) >= 11 is 0. The van der Waals surface area contributed by atoms with Crippen LogP contribution in [-0.4, -0.2) is 37.4 Å². The second-order valence-electron chi connectivity index (χ2n) is 4.76. The summed E-state index contributed by atoms with van der Waals surface area (Å²) in [5.41, 5.74) is 0.881. The molecule has 0 aliphatic rings. The van der Waals surface area contributed by atoms with E-state index in [1.807, 2.05) is 6.92 Å². The molecule has 0 bridgehead atoms. The van der Waals surface area contributed by atoms with E-state index in [1.54, 1.807) is 19.1 Å². The van der Waals surface area contributed by atoms with Gasteiger partial charge in [0.15, 0.2) is 18.1 Å². The summed E-state index contributed by atoms with van der Waals surface area (Å²) in [5, 5.41) is 6.06. The van der Waals surface area contributed by atoms with Gasteiger partial charge in [-0.3, -0.25) is 10.1 Å². The maximum Gasteiger partial charge on any atom is 0.338 e. The third-order valence-electron chi connectivity index (χ3n) is 2.92. The lowest BCUT2D eigenvalue weighted by molar-refractivity contribution is -0.119. The molecule has 1 N–H and O–H groups in total. The van der Waals surface area contributed by atoms with Gasteiger partial charge in [-0.05, 0) is 32.0 Å². The number of hydrogen-bond acceptors (Lipinski definition) is 7. The summed E-state index contributed by atoms with van der Waals surface area (Å²) in [7, 11) is 1.51. The molecule has 2 aromatic rings. The normalized spacial score (nSPS) is 10.1. The Labute approximate surface area is 138 Å². The summed E-state index contributed by atoms with van der Waals surface area (Å²) in [6, 6.07) is 6.18. The maximum atomic E-state index is 12.0. The van der Waals surface area contributed by atoms with Crippen molar-refractivity contribution in [1.29, 1.82) is 0 Å². The summed E-state index contributed by atoms with van der Waals surface area (Å²) < 4.78 is 20.3. The van der Waals surface area contributed by atoms with Gasteiger partial charge in [-0.1, -0.05) is 5.16 Å². The van der Waals surface area contributed by atoms with Crippen molar-refractivity contribution in [3.8, 4) is 11.5 Å². The Morgan fingerprint density at radius 2 is 2.04 bits per heavy atom. The van der Waals surface area contributed by atoms with Crippen LogP contribution < -0.4 is 14.8 Å². The minimum atomic E-state index is -0.650. The molecule has 1 amide bonds. The van der Waals surface area contributed by atoms with Crippen molar-refractivity contribution in [1.82, 2.24) is 5.16 Å². The van der Waals surface area contributed by atoms with Crippen LogP contribution in [-0.2, 0) is 9.53 Å². The third kappa shape index (κ3) is 4.48. The number of hydrogen-bond donors (Lipinski definition) is 1. The minimum Gasteiger partial charge on any atom is -0.493 e. The number of aryl methyl sites for hydroxylation is 1. The van der Waals surface area contributed by atoms with Crippen molar-refractivity contribution in [2.75, 3.05) is 25.6 Å². The lowest BCUT2D eigenvalue weighted by Gasteiger charge is -2.10. The zero-order chi connectivity index (χ0) is 17.5. The monoisotopic (exact) mass is 334 g/mol. The highest BCUT2D eigenvalue weighted by atomic mass is 16.5. The number of nitrogens with one attached hydrogen (secondary N) is 1. The zero-order valence-corrected chi connectivity index (χ0v) is 13.6. The number of carbonyl (C=O) groups excluding carboxylic acids is 2. The first kappa shape index (κ1) is 17.3. The van der Waals surface area contributed by atoms with Crippen LogP contribution >= 0.6 is 0 Å². The van der Waals surface area contributed by atoms with Crippen LogP contribution in [0.2, 0.25) is 0 Å². The summed E-state index contributed by atoms with van der Waals surface area (Å²) in [5.74, 6) is -0.0555. The van der Waals surface area contributed by atoms with Crippen LogP contribution in [0.5, 0.6) is 11.5 Å². The quantitative estimate of drug-likeness (QED) is 0.775. The van der Waals surface area contributed by atoms with Gasteiger partial charge in [0.05, 0.1) is 25.0 Å². The molecular weight excluding hydrogens is 316 g/mol. The number of benzene rings is 1. The standard InChI is InChI=1S/C16H18N2O6/c1-4-22-13-8-11(5-6-12(13)21-3)16(20)23-9-14(19)17-15-7-10(2)18-24-15/h5-8H,4,9H2,1-3H3,(H,17,19). The van der Waals surface area contributed by atoms with Crippen LogP contribution in [0.4, 0.5) is 5.88 Å². The number of aromatic nitrogens is 1. The van der Waals surface area contributed by atoms with Crippen molar-refractivity contribution in [2.24, 2.45) is 0 Å². The highest BCUT2D eigenvalue weighted by Gasteiger charge is 2.14. The fourth-order valence-corrected chi connectivity index (χ4v) is 1.88. The first-order valence-corrected chi connectivity index (χ1v) is 7.24. The van der Waals surface area contributed by atoms with Crippen molar-refractivity contribution >= 4 is 17.8 Å². The molecule has 128 valence electrons. The predicted octanol–water partition coefficient (Wildman–Crippen LogP) is 2.19. The second-order valence-corrected chi connectivity index (χ2v) is 4.76. The molecule has 0 aliphatic heterocycles. The van der Waals surface area contributed by atoms with Gasteiger partial charge in [-0.2, -0.15) is 0 Å². The smallest absolute Gasteiger partial charge is 0.338 e. The Bertz CT molecular complexity index is 725. The molecule has 1 heterocycles. The van der Waals surface area contributed by atoms with E-state index < -0.39 is 18.5 Å². The van der Waals surface area contributed by atoms with E-state index in [2.05, 4.69) is 10.5 Å². The maximum absolute atomic E-state index is 12.0. The molecule has 0 saturated heterocycles. The van der Waals surface area contributed by atoms with E-state index in [0.717, 1.165) is 0 Å². The molecule has 8 heteroatoms. The highest BCUT2D eigenvalue weighted by Crippen LogP contribution is 2.28. The molecule has 0 aliphatic carbocycles. The first-order chi connectivity index (χ1) is 11.5. The fraction of sp³-hybridized carbons (Fsp3) is 0.312. The molecule has 2 rings (SSSR count). The Hall–Kier alpha value is -3.03. The van der Waals surface area contributed by atoms with Crippen molar-refractivity contribution in [2.45, 2.75) is 13.8 Å². The van der Waals surface area contributed by atoms with Gasteiger partial charge < -0.3 is 18.7 Å². The molecule has 1 aromatic heterocycles. The lowest BCUT2D eigenvalue weighted by atomic mass is 10.2. The minimum absolute atomic E-state index is 0.191. The number of esters is 1. The van der Waals surface area contributed by atoms with Gasteiger partial charge in [-0.25, -0.2) is 4.79 Å². The molecular formula is C16H18N2O6. The van der Waals surface area contributed by atoms with Crippen molar-refractivity contribution < 1.29 is 28.3 Å². The van der Waals surface area contributed by atoms with Crippen LogP contribution in [0.15, 0.2) is 28.8 Å². The van der Waals surface area contributed by atoms with E-state index in [-0.39, 0.29) is 11.4 Å². The Morgan fingerprint density at radius 1 is 1.25 bits per heavy atom. The molecule has 1 aromatic carbocycles. The van der Waals surface area contributed by atoms with Gasteiger partial charge in [0.1, 0.15) is 0 Å². The van der Waals surface area contributed by atoms with Crippen LogP contribution in [0, 0.1) is 6.92 Å². The number of methoxy groups -OCH3 is 1. The van der Waals surface area contributed by atoms with Gasteiger partial charge in [0.2, 0.25) is 5.88 Å². The first-order valence-electron chi connectivity index (χ1n) is 7.24. The molecule has 0 unspecified atom stereocenters. The zero-order valence-electron chi connectivity index (χ0n) is 13.6. The summed E-state index contributed by atoms with van der Waals surface area (Å²) in [4.78, 5) is 23.7. The van der Waals surface area contributed by atoms with Crippen LogP contribution in [0.1, 0.15) is 23.0 Å². The van der Waals surface area contributed by atoms with Crippen molar-refractivity contribution in [3.63, 3.8) is 0 Å². The van der Waals surface area contributed by atoms with E-state index in [9.17, 15) is 9.59 Å². The van der Waals surface area contributed by atoms with Gasteiger partial charge >= 0.3 is 5.97 Å². The van der Waals surface area contributed by atoms with Gasteiger partial charge in [-0.15, -0.1) is 0 Å². The van der Waals surface area contributed by atoms with Gasteiger partial charge in [0, 0.05) is 6.07 Å². The van der Waals surface area contributed by atoms with E-state index >= 15 is 0 Å². The average molecular weight is 334 g/mol. The average Bonchev–Trinajstić information content (AvgIpc) is 2.97. The largest absolute Gasteiger partial charge is 0.493 e. The van der Waals surface area contributed by atoms with Gasteiger partial charge in [0.25, 0.3) is 5.91 Å². The van der Waals surface area contributed by atoms with E-state index in [4.69, 9.17) is 18.7 Å². The lowest BCUT2D eigenvalue weighted by Crippen LogP contribution is -2.20. The Balaban J connectivity index is 1.94. The molecule has 0 radical (unpaired) electrons. The molecule has 0 atom stereocenters. The van der Waals surface area contributed by atoms with Crippen molar-refractivity contribution in [3.05, 3.63) is 35.5 Å². The SMILES string of the molecule is CCOc1cc(C(=O)OCC(=O)Nc2cc(C)no2)ccc1OC. The molecule has 0 spiro atoms. The molecule has 0 fully saturated rings. The number of ether oxygens (including phenoxy) is 3. The number of carbonyl (C=O) groups is 2. The Morgan fingerprint density at radius 3 is 2.67 bits per heavy atom.